The molecule has 0 aromatic rings. The van der Waals surface area contributed by atoms with Crippen LogP contribution in [0.2, 0.25) is 157 Å². The molecular formula is C35H84O11Si8. The van der Waals surface area contributed by atoms with Crippen LogP contribution in [0.15, 0.2) is 0 Å². The molecule has 0 bridgehead atoms. The van der Waals surface area contributed by atoms with Gasteiger partial charge in [0.1, 0.15) is 42.9 Å². The molecule has 1 saturated heterocycles. The van der Waals surface area contributed by atoms with Crippen molar-refractivity contribution in [2.45, 2.75) is 212 Å². The predicted octanol–water partition coefficient (Wildman–Crippen LogP) is 9.28. The summed E-state index contributed by atoms with van der Waals surface area (Å²) in [5.41, 5.74) is 0. The van der Waals surface area contributed by atoms with Gasteiger partial charge in [0.05, 0.1) is 12.7 Å². The first-order valence-corrected chi connectivity index (χ1v) is 47.1. The molecule has 0 amide bonds. The van der Waals surface area contributed by atoms with Gasteiger partial charge in [-0.3, -0.25) is 0 Å². The van der Waals surface area contributed by atoms with Gasteiger partial charge in [-0.05, 0) is 157 Å². The van der Waals surface area contributed by atoms with Crippen molar-refractivity contribution in [1.82, 2.24) is 0 Å². The summed E-state index contributed by atoms with van der Waals surface area (Å²) in [7, 11) is -17.8. The van der Waals surface area contributed by atoms with Crippen molar-refractivity contribution in [3.63, 3.8) is 0 Å². The summed E-state index contributed by atoms with van der Waals surface area (Å²) in [5, 5.41) is 0. The molecule has 1 aliphatic heterocycles. The lowest BCUT2D eigenvalue weighted by Gasteiger charge is -2.52. The Bertz CT molecular complexity index is 1140. The fourth-order valence-corrected chi connectivity index (χ4v) is 13.7. The lowest BCUT2D eigenvalue weighted by atomic mass is 10.0. The highest BCUT2D eigenvalue weighted by atomic mass is 28.4. The molecule has 1 unspecified atom stereocenters. The lowest BCUT2D eigenvalue weighted by Crippen LogP contribution is -2.68. The zero-order chi connectivity index (χ0) is 42.7. The second kappa shape index (κ2) is 19.6. The van der Waals surface area contributed by atoms with E-state index in [1.54, 1.807) is 0 Å². The fourth-order valence-electron chi connectivity index (χ4n) is 5.76. The normalized spacial score (nSPS) is 25.3. The van der Waals surface area contributed by atoms with Crippen molar-refractivity contribution in [3.8, 4) is 0 Å². The summed E-state index contributed by atoms with van der Waals surface area (Å²) in [6, 6.07) is 0. The van der Waals surface area contributed by atoms with Gasteiger partial charge in [-0.2, -0.15) is 0 Å². The van der Waals surface area contributed by atoms with E-state index in [1.807, 2.05) is 0 Å². The van der Waals surface area contributed by atoms with Crippen molar-refractivity contribution in [3.05, 3.63) is 0 Å². The first kappa shape index (κ1) is 53.0. The maximum Gasteiger partial charge on any atom is 0.188 e. The van der Waals surface area contributed by atoms with Gasteiger partial charge in [-0.15, -0.1) is 0 Å². The second-order valence-electron chi connectivity index (χ2n) is 22.5. The monoisotopic (exact) mass is 904 g/mol. The van der Waals surface area contributed by atoms with Crippen LogP contribution < -0.4 is 0 Å². The Balaban J connectivity index is 4.27. The molecule has 0 saturated carbocycles. The van der Waals surface area contributed by atoms with E-state index in [0.717, 1.165) is 6.29 Å². The third kappa shape index (κ3) is 22.4. The van der Waals surface area contributed by atoms with Gasteiger partial charge < -0.3 is 49.7 Å². The number of carbonyl (C=O) groups excluding carboxylic acids is 1. The van der Waals surface area contributed by atoms with Crippen molar-refractivity contribution >= 4 is 72.8 Å². The van der Waals surface area contributed by atoms with Crippen LogP contribution in [0, 0.1) is 0 Å². The molecule has 0 N–H and O–H groups in total. The van der Waals surface area contributed by atoms with Crippen LogP contribution in [0.1, 0.15) is 0 Å². The number of ether oxygens (including phenoxy) is 2. The Morgan fingerprint density at radius 3 is 1.19 bits per heavy atom. The SMILES string of the molecule is C[Si](C)(C)OC[C@@H](O[Si](C)(C)C)[C@@H](O[Si](C)(C)C)C(O[C@@H]1O[C@H](O[Si](C)(C)C)[C@@H](O[Si](C)(C)C)[C@H](O[Si](C)(C)C)[C@H]1O[Si](C)(C)C)[C@H](C=O)O[Si](C)(C)C. The smallest absolute Gasteiger partial charge is 0.188 e. The molecular weight excluding hydrogens is 821 g/mol. The summed E-state index contributed by atoms with van der Waals surface area (Å²) < 4.78 is 69.7. The van der Waals surface area contributed by atoms with Crippen molar-refractivity contribution in [1.29, 1.82) is 0 Å². The fraction of sp³-hybridized carbons (Fsp3) is 0.971. The van der Waals surface area contributed by atoms with Crippen LogP contribution in [0.5, 0.6) is 0 Å². The quantitative estimate of drug-likeness (QED) is 0.0724. The molecule has 0 spiro atoms. The number of hydrogen-bond acceptors (Lipinski definition) is 11. The molecule has 54 heavy (non-hydrogen) atoms. The van der Waals surface area contributed by atoms with E-state index in [2.05, 4.69) is 157 Å². The molecule has 1 aliphatic rings. The molecule has 11 nitrogen and oxygen atoms in total. The van der Waals surface area contributed by atoms with Gasteiger partial charge in [0.2, 0.25) is 0 Å². The highest BCUT2D eigenvalue weighted by molar-refractivity contribution is 6.72. The van der Waals surface area contributed by atoms with Gasteiger partial charge in [-0.25, -0.2) is 0 Å². The molecule has 19 heteroatoms. The minimum absolute atomic E-state index is 0.294. The van der Waals surface area contributed by atoms with E-state index < -0.39 is 122 Å². The van der Waals surface area contributed by atoms with Crippen LogP contribution in [0.25, 0.3) is 0 Å². The van der Waals surface area contributed by atoms with Gasteiger partial charge in [0.15, 0.2) is 79.1 Å². The zero-order valence-corrected chi connectivity index (χ0v) is 47.0. The molecule has 0 aliphatic carbocycles. The van der Waals surface area contributed by atoms with Crippen LogP contribution >= 0.6 is 0 Å². The number of carbonyl (C=O) groups is 1. The second-order valence-corrected chi connectivity index (χ2v) is 58.2. The standard InChI is InChI=1S/C35H84O11Si8/c1-47(2,3)37-26-28(41-49(7,8)9)30(42-50(10,11)12)29(27(25-36)40-48(4,5)6)38-34-32(44-52(16,17)18)31(43-51(13,14)15)33(45-53(19,20)21)35(39-34)46-54(22,23)24/h25,27-35H,26H2,1-24H3/t27-,28+,29?,30+,31+,32+,33-,34+,35+/m0/s1. The molecule has 0 radical (unpaired) electrons. The molecule has 0 aromatic carbocycles. The molecule has 322 valence electrons. The number of aldehydes is 1. The first-order chi connectivity index (χ1) is 23.7. The summed E-state index contributed by atoms with van der Waals surface area (Å²) in [6.45, 7) is 51.7. The van der Waals surface area contributed by atoms with Crippen molar-refractivity contribution in [2.75, 3.05) is 6.61 Å². The summed E-state index contributed by atoms with van der Waals surface area (Å²) in [6.07, 6.45) is -5.99. The van der Waals surface area contributed by atoms with Crippen LogP contribution in [-0.2, 0) is 49.7 Å². The zero-order valence-electron chi connectivity index (χ0n) is 39.0. The molecule has 9 atom stereocenters. The lowest BCUT2D eigenvalue weighted by molar-refractivity contribution is -0.344. The Morgan fingerprint density at radius 2 is 0.833 bits per heavy atom. The molecule has 1 fully saturated rings. The van der Waals surface area contributed by atoms with E-state index in [9.17, 15) is 4.79 Å². The van der Waals surface area contributed by atoms with Gasteiger partial charge in [0, 0.05) is 0 Å². The molecule has 1 heterocycles. The van der Waals surface area contributed by atoms with E-state index in [1.165, 1.54) is 0 Å². The van der Waals surface area contributed by atoms with Gasteiger partial charge in [-0.1, -0.05) is 0 Å². The Morgan fingerprint density at radius 1 is 0.444 bits per heavy atom. The molecule has 0 aromatic heterocycles. The summed E-state index contributed by atoms with van der Waals surface area (Å²) in [4.78, 5) is 13.4. The Kier molecular flexibility index (Phi) is 19.2. The summed E-state index contributed by atoms with van der Waals surface area (Å²) >= 11 is 0. The minimum Gasteiger partial charge on any atom is -0.415 e. The van der Waals surface area contributed by atoms with Gasteiger partial charge in [0.25, 0.3) is 0 Å². The molecule has 1 rings (SSSR count). The van der Waals surface area contributed by atoms with Crippen molar-refractivity contribution in [2.24, 2.45) is 0 Å². The average Bonchev–Trinajstić information content (AvgIpc) is 2.86. The van der Waals surface area contributed by atoms with E-state index in [0.29, 0.717) is 6.61 Å². The Hall–Kier alpha value is 1.01. The van der Waals surface area contributed by atoms with Crippen molar-refractivity contribution < 1.29 is 49.7 Å². The highest BCUT2D eigenvalue weighted by Crippen LogP contribution is 2.38. The number of hydrogen-bond donors (Lipinski definition) is 0. The highest BCUT2D eigenvalue weighted by Gasteiger charge is 2.55. The first-order valence-electron chi connectivity index (χ1n) is 19.8. The average molecular weight is 906 g/mol. The van der Waals surface area contributed by atoms with E-state index >= 15 is 0 Å². The van der Waals surface area contributed by atoms with E-state index in [4.69, 9.17) is 44.9 Å². The minimum atomic E-state index is -2.33. The van der Waals surface area contributed by atoms with Crippen LogP contribution in [0.3, 0.4) is 0 Å². The number of rotatable bonds is 23. The summed E-state index contributed by atoms with van der Waals surface area (Å²) in [5.74, 6) is 0. The van der Waals surface area contributed by atoms with E-state index in [-0.39, 0.29) is 0 Å². The maximum atomic E-state index is 13.4. The predicted molar refractivity (Wildman–Crippen MR) is 243 cm³/mol. The third-order valence-corrected chi connectivity index (χ3v) is 14.9. The third-order valence-electron chi connectivity index (χ3n) is 7.00. The largest absolute Gasteiger partial charge is 0.415 e. The topological polar surface area (TPSA) is 109 Å². The van der Waals surface area contributed by atoms with Crippen LogP contribution in [-0.4, -0.2) is 135 Å². The maximum absolute atomic E-state index is 13.4. The Labute approximate surface area is 339 Å². The van der Waals surface area contributed by atoms with Crippen LogP contribution in [0.4, 0.5) is 0 Å². The van der Waals surface area contributed by atoms with Gasteiger partial charge >= 0.3 is 0 Å².